The van der Waals surface area contributed by atoms with Crippen molar-refractivity contribution in [2.45, 2.75) is 12.1 Å². The van der Waals surface area contributed by atoms with Gasteiger partial charge in [0.25, 0.3) is 0 Å². The van der Waals surface area contributed by atoms with Gasteiger partial charge in [0.05, 0.1) is 19.3 Å². The Bertz CT molecular complexity index is 393. The van der Waals surface area contributed by atoms with E-state index in [0.29, 0.717) is 6.61 Å². The second-order valence-electron chi connectivity index (χ2n) is 3.74. The van der Waals surface area contributed by atoms with Crippen molar-refractivity contribution in [2.75, 3.05) is 13.2 Å². The first kappa shape index (κ1) is 10.9. The summed E-state index contributed by atoms with van der Waals surface area (Å²) < 4.78 is 5.23. The van der Waals surface area contributed by atoms with Gasteiger partial charge in [0.2, 0.25) is 0 Å². The Morgan fingerprint density at radius 2 is 2.25 bits per heavy atom. The topological polar surface area (TPSA) is 78.8 Å². The number of carbonyl (C=O) groups is 1. The van der Waals surface area contributed by atoms with Crippen molar-refractivity contribution in [1.82, 2.24) is 5.32 Å². The van der Waals surface area contributed by atoms with Gasteiger partial charge in [0, 0.05) is 0 Å². The monoisotopic (exact) mass is 223 g/mol. The Labute approximate surface area is 92.7 Å². The summed E-state index contributed by atoms with van der Waals surface area (Å²) in [6.07, 6.45) is 0. The summed E-state index contributed by atoms with van der Waals surface area (Å²) in [7, 11) is 0. The molecule has 1 aliphatic rings. The second-order valence-corrected chi connectivity index (χ2v) is 3.74. The Hall–Kier alpha value is -1.59. The number of hydrogen-bond donors (Lipinski definition) is 3. The predicted octanol–water partition coefficient (Wildman–Crippen LogP) is 0.506. The van der Waals surface area contributed by atoms with Crippen molar-refractivity contribution in [2.24, 2.45) is 0 Å². The molecule has 3 N–H and O–H groups in total. The van der Waals surface area contributed by atoms with Crippen LogP contribution in [0.1, 0.15) is 11.6 Å². The normalized spacial score (nSPS) is 25.2. The van der Waals surface area contributed by atoms with Gasteiger partial charge in [-0.1, -0.05) is 12.1 Å². The minimum Gasteiger partial charge on any atom is -0.508 e. The minimum absolute atomic E-state index is 0.164. The standard InChI is InChI=1S/C11H13NO4/c13-8-3-1-2-7(4-8)9-5-16-6-10(12-9)11(14)15/h1-4,9-10,12-13H,5-6H2,(H,14,15). The highest BCUT2D eigenvalue weighted by molar-refractivity contribution is 5.73. The number of morpholine rings is 1. The molecule has 1 aromatic carbocycles. The Morgan fingerprint density at radius 1 is 1.44 bits per heavy atom. The number of carboxylic acid groups (broad SMARTS) is 1. The molecule has 0 spiro atoms. The third-order valence-electron chi connectivity index (χ3n) is 2.54. The van der Waals surface area contributed by atoms with Gasteiger partial charge in [-0.3, -0.25) is 10.1 Å². The maximum atomic E-state index is 10.8. The lowest BCUT2D eigenvalue weighted by Crippen LogP contribution is -2.48. The van der Waals surface area contributed by atoms with Crippen molar-refractivity contribution in [3.8, 4) is 5.75 Å². The molecule has 1 heterocycles. The van der Waals surface area contributed by atoms with E-state index in [1.54, 1.807) is 18.2 Å². The quantitative estimate of drug-likeness (QED) is 0.680. The summed E-state index contributed by atoms with van der Waals surface area (Å²) in [5, 5.41) is 21.2. The fourth-order valence-corrected chi connectivity index (χ4v) is 1.72. The molecule has 0 amide bonds. The zero-order valence-corrected chi connectivity index (χ0v) is 8.59. The fourth-order valence-electron chi connectivity index (χ4n) is 1.72. The van der Waals surface area contributed by atoms with Crippen LogP contribution in [0.2, 0.25) is 0 Å². The molecular formula is C11H13NO4. The molecule has 2 rings (SSSR count). The molecule has 0 aliphatic carbocycles. The van der Waals surface area contributed by atoms with Gasteiger partial charge in [-0.05, 0) is 17.7 Å². The third-order valence-corrected chi connectivity index (χ3v) is 2.54. The smallest absolute Gasteiger partial charge is 0.323 e. The van der Waals surface area contributed by atoms with Crippen LogP contribution in [0.25, 0.3) is 0 Å². The summed E-state index contributed by atoms with van der Waals surface area (Å²) in [6.45, 7) is 0.581. The first-order valence-electron chi connectivity index (χ1n) is 5.02. The van der Waals surface area contributed by atoms with Crippen molar-refractivity contribution in [3.05, 3.63) is 29.8 Å². The van der Waals surface area contributed by atoms with Crippen molar-refractivity contribution >= 4 is 5.97 Å². The highest BCUT2D eigenvalue weighted by Crippen LogP contribution is 2.21. The maximum absolute atomic E-state index is 10.8. The number of carboxylic acids is 1. The molecule has 2 atom stereocenters. The van der Waals surface area contributed by atoms with Crippen LogP contribution in [-0.4, -0.2) is 35.4 Å². The van der Waals surface area contributed by atoms with E-state index >= 15 is 0 Å². The number of nitrogens with one attached hydrogen (secondary N) is 1. The molecule has 2 unspecified atom stereocenters. The summed E-state index contributed by atoms with van der Waals surface area (Å²) in [4.78, 5) is 10.8. The molecular weight excluding hydrogens is 210 g/mol. The molecule has 0 aromatic heterocycles. The summed E-state index contributed by atoms with van der Waals surface area (Å²) >= 11 is 0. The highest BCUT2D eigenvalue weighted by Gasteiger charge is 2.27. The van der Waals surface area contributed by atoms with Crippen LogP contribution in [0.4, 0.5) is 0 Å². The lowest BCUT2D eigenvalue weighted by atomic mass is 10.0. The molecule has 0 saturated carbocycles. The van der Waals surface area contributed by atoms with Crippen molar-refractivity contribution < 1.29 is 19.7 Å². The van der Waals surface area contributed by atoms with Gasteiger partial charge < -0.3 is 14.9 Å². The van der Waals surface area contributed by atoms with Gasteiger partial charge in [0.1, 0.15) is 11.8 Å². The van der Waals surface area contributed by atoms with E-state index in [0.717, 1.165) is 5.56 Å². The summed E-state index contributed by atoms with van der Waals surface area (Å²) in [5.41, 5.74) is 0.825. The van der Waals surface area contributed by atoms with E-state index < -0.39 is 12.0 Å². The molecule has 1 aromatic rings. The van der Waals surface area contributed by atoms with Crippen LogP contribution in [-0.2, 0) is 9.53 Å². The van der Waals surface area contributed by atoms with Gasteiger partial charge in [-0.15, -0.1) is 0 Å². The number of benzene rings is 1. The number of phenolic OH excluding ortho intramolecular Hbond substituents is 1. The van der Waals surface area contributed by atoms with E-state index in [1.165, 1.54) is 0 Å². The SMILES string of the molecule is O=C(O)C1COCC(c2cccc(O)c2)N1. The van der Waals surface area contributed by atoms with Crippen LogP contribution in [0.15, 0.2) is 24.3 Å². The number of hydrogen-bond acceptors (Lipinski definition) is 4. The molecule has 1 aliphatic heterocycles. The van der Waals surface area contributed by atoms with Gasteiger partial charge in [0.15, 0.2) is 0 Å². The van der Waals surface area contributed by atoms with Crippen LogP contribution in [0, 0.1) is 0 Å². The molecule has 0 radical (unpaired) electrons. The first-order chi connectivity index (χ1) is 7.66. The lowest BCUT2D eigenvalue weighted by Gasteiger charge is -2.29. The number of aliphatic carboxylic acids is 1. The van der Waals surface area contributed by atoms with Crippen LogP contribution in [0.3, 0.4) is 0 Å². The van der Waals surface area contributed by atoms with Crippen LogP contribution < -0.4 is 5.32 Å². The molecule has 5 heteroatoms. The number of rotatable bonds is 2. The molecule has 1 saturated heterocycles. The second kappa shape index (κ2) is 4.51. The Kier molecular flexibility index (Phi) is 3.07. The average molecular weight is 223 g/mol. The van der Waals surface area contributed by atoms with Gasteiger partial charge in [-0.25, -0.2) is 0 Å². The van der Waals surface area contributed by atoms with E-state index in [-0.39, 0.29) is 18.4 Å². The molecule has 5 nitrogen and oxygen atoms in total. The number of ether oxygens (including phenoxy) is 1. The zero-order valence-electron chi connectivity index (χ0n) is 8.59. The summed E-state index contributed by atoms with van der Waals surface area (Å²) in [5.74, 6) is -0.762. The number of phenols is 1. The largest absolute Gasteiger partial charge is 0.508 e. The van der Waals surface area contributed by atoms with E-state index in [1.807, 2.05) is 6.07 Å². The molecule has 1 fully saturated rings. The Morgan fingerprint density at radius 3 is 2.94 bits per heavy atom. The van der Waals surface area contributed by atoms with Crippen LogP contribution >= 0.6 is 0 Å². The van der Waals surface area contributed by atoms with E-state index in [9.17, 15) is 9.90 Å². The lowest BCUT2D eigenvalue weighted by molar-refractivity contribution is -0.143. The summed E-state index contributed by atoms with van der Waals surface area (Å²) in [6, 6.07) is 5.83. The first-order valence-corrected chi connectivity index (χ1v) is 5.02. The van der Waals surface area contributed by atoms with Crippen molar-refractivity contribution in [1.29, 1.82) is 0 Å². The van der Waals surface area contributed by atoms with Gasteiger partial charge in [-0.2, -0.15) is 0 Å². The number of aromatic hydroxyl groups is 1. The van der Waals surface area contributed by atoms with Crippen molar-refractivity contribution in [3.63, 3.8) is 0 Å². The van der Waals surface area contributed by atoms with Gasteiger partial charge >= 0.3 is 5.97 Å². The average Bonchev–Trinajstić information content (AvgIpc) is 2.29. The fraction of sp³-hybridized carbons (Fsp3) is 0.364. The molecule has 86 valence electrons. The third kappa shape index (κ3) is 2.32. The molecule has 16 heavy (non-hydrogen) atoms. The zero-order chi connectivity index (χ0) is 11.5. The van der Waals surface area contributed by atoms with Crippen LogP contribution in [0.5, 0.6) is 5.75 Å². The van der Waals surface area contributed by atoms with E-state index in [4.69, 9.17) is 9.84 Å². The maximum Gasteiger partial charge on any atom is 0.323 e. The Balaban J connectivity index is 2.12. The predicted molar refractivity (Wildman–Crippen MR) is 56.2 cm³/mol. The van der Waals surface area contributed by atoms with E-state index in [2.05, 4.69) is 5.32 Å². The minimum atomic E-state index is -0.926. The highest BCUT2D eigenvalue weighted by atomic mass is 16.5. The molecule has 0 bridgehead atoms.